The van der Waals surface area contributed by atoms with E-state index in [9.17, 15) is 4.39 Å². The van der Waals surface area contributed by atoms with Crippen molar-refractivity contribution in [1.82, 2.24) is 10.1 Å². The Hall–Kier alpha value is -1.95. The Bertz CT molecular complexity index is 589. The van der Waals surface area contributed by atoms with E-state index in [1.165, 1.54) is 12.1 Å². The van der Waals surface area contributed by atoms with Crippen molar-refractivity contribution in [3.63, 3.8) is 0 Å². The van der Waals surface area contributed by atoms with Crippen LogP contribution in [0.15, 0.2) is 28.8 Å². The van der Waals surface area contributed by atoms with Crippen molar-refractivity contribution in [3.05, 3.63) is 41.5 Å². The summed E-state index contributed by atoms with van der Waals surface area (Å²) in [6.07, 6.45) is 0.795. The summed E-state index contributed by atoms with van der Waals surface area (Å²) in [5.41, 5.74) is 0.940. The van der Waals surface area contributed by atoms with Crippen LogP contribution in [0.5, 0.6) is 0 Å². The Morgan fingerprint density at radius 1 is 1.19 bits per heavy atom. The molecule has 0 radical (unpaired) electrons. The lowest BCUT2D eigenvalue weighted by molar-refractivity contribution is -0.00581. The van der Waals surface area contributed by atoms with Crippen LogP contribution < -0.4 is 4.90 Å². The normalized spacial score (nSPS) is 22.5. The second kappa shape index (κ2) is 5.81. The zero-order chi connectivity index (χ0) is 14.8. The van der Waals surface area contributed by atoms with Crippen LogP contribution in [-0.4, -0.2) is 35.4 Å². The predicted molar refractivity (Wildman–Crippen MR) is 75.7 cm³/mol. The molecule has 1 saturated heterocycles. The molecule has 0 unspecified atom stereocenters. The Labute approximate surface area is 122 Å². The molecule has 2 atom stereocenters. The Kier molecular flexibility index (Phi) is 3.88. The highest BCUT2D eigenvalue weighted by Gasteiger charge is 2.25. The van der Waals surface area contributed by atoms with Gasteiger partial charge in [-0.25, -0.2) is 4.39 Å². The molecule has 0 amide bonds. The van der Waals surface area contributed by atoms with Gasteiger partial charge in [-0.1, -0.05) is 12.1 Å². The molecule has 2 heterocycles. The number of nitrogens with zero attached hydrogens (tertiary/aromatic N) is 3. The molecule has 0 spiro atoms. The molecule has 0 saturated carbocycles. The number of anilines is 1. The fraction of sp³-hybridized carbons (Fsp3) is 0.467. The third-order valence-corrected chi connectivity index (χ3v) is 3.43. The largest absolute Gasteiger partial charge is 0.372 e. The van der Waals surface area contributed by atoms with Crippen molar-refractivity contribution in [1.29, 1.82) is 0 Å². The van der Waals surface area contributed by atoms with E-state index in [-0.39, 0.29) is 18.0 Å². The molecule has 1 fully saturated rings. The number of morpholine rings is 1. The molecule has 5 nitrogen and oxygen atoms in total. The standard InChI is InChI=1S/C15H18FN3O2/c1-10-8-19(9-11(2)20-10)15-17-14(21-18-15)7-12-3-5-13(16)6-4-12/h3-6,10-11H,7-9H2,1-2H3/t10-,11+. The van der Waals surface area contributed by atoms with Crippen LogP contribution in [-0.2, 0) is 11.2 Å². The molecule has 0 aliphatic carbocycles. The molecule has 0 N–H and O–H groups in total. The highest BCUT2D eigenvalue weighted by atomic mass is 19.1. The zero-order valence-corrected chi connectivity index (χ0v) is 12.1. The van der Waals surface area contributed by atoms with Crippen LogP contribution in [0.25, 0.3) is 0 Å². The first kappa shape index (κ1) is 14.0. The van der Waals surface area contributed by atoms with Gasteiger partial charge in [0.05, 0.1) is 18.6 Å². The first-order valence-electron chi connectivity index (χ1n) is 7.07. The van der Waals surface area contributed by atoms with Gasteiger partial charge in [0, 0.05) is 13.1 Å². The number of hydrogen-bond donors (Lipinski definition) is 0. The van der Waals surface area contributed by atoms with E-state index in [0.717, 1.165) is 18.7 Å². The Balaban J connectivity index is 1.69. The molecular formula is C15H18FN3O2. The van der Waals surface area contributed by atoms with Crippen LogP contribution >= 0.6 is 0 Å². The number of hydrogen-bond acceptors (Lipinski definition) is 5. The summed E-state index contributed by atoms with van der Waals surface area (Å²) in [4.78, 5) is 6.49. The van der Waals surface area contributed by atoms with Crippen LogP contribution in [0, 0.1) is 5.82 Å². The summed E-state index contributed by atoms with van der Waals surface area (Å²) in [7, 11) is 0. The lowest BCUT2D eigenvalue weighted by Crippen LogP contribution is -2.46. The lowest BCUT2D eigenvalue weighted by Gasteiger charge is -2.34. The van der Waals surface area contributed by atoms with Crippen molar-refractivity contribution in [2.24, 2.45) is 0 Å². The molecule has 1 aliphatic rings. The van der Waals surface area contributed by atoms with Crippen LogP contribution in [0.4, 0.5) is 10.3 Å². The van der Waals surface area contributed by atoms with Crippen molar-refractivity contribution >= 4 is 5.95 Å². The number of halogens is 1. The quantitative estimate of drug-likeness (QED) is 0.869. The minimum Gasteiger partial charge on any atom is -0.372 e. The van der Waals surface area contributed by atoms with Gasteiger partial charge in [-0.15, -0.1) is 0 Å². The van der Waals surface area contributed by atoms with Gasteiger partial charge >= 0.3 is 0 Å². The topological polar surface area (TPSA) is 51.4 Å². The van der Waals surface area contributed by atoms with E-state index in [0.29, 0.717) is 18.3 Å². The van der Waals surface area contributed by atoms with Crippen molar-refractivity contribution in [3.8, 4) is 0 Å². The van der Waals surface area contributed by atoms with E-state index >= 15 is 0 Å². The fourth-order valence-corrected chi connectivity index (χ4v) is 2.56. The molecule has 1 aromatic heterocycles. The third-order valence-electron chi connectivity index (χ3n) is 3.43. The van der Waals surface area contributed by atoms with E-state index in [1.807, 2.05) is 13.8 Å². The average Bonchev–Trinajstić information content (AvgIpc) is 2.89. The second-order valence-corrected chi connectivity index (χ2v) is 5.45. The van der Waals surface area contributed by atoms with Gasteiger partial charge in [0.1, 0.15) is 5.82 Å². The maximum absolute atomic E-state index is 12.9. The third kappa shape index (κ3) is 3.39. The number of rotatable bonds is 3. The number of aromatic nitrogens is 2. The molecular weight excluding hydrogens is 273 g/mol. The second-order valence-electron chi connectivity index (χ2n) is 5.45. The maximum atomic E-state index is 12.9. The van der Waals surface area contributed by atoms with Gasteiger partial charge in [-0.2, -0.15) is 4.98 Å². The van der Waals surface area contributed by atoms with Crippen LogP contribution in [0.3, 0.4) is 0 Å². The summed E-state index contributed by atoms with van der Waals surface area (Å²) >= 11 is 0. The average molecular weight is 291 g/mol. The van der Waals surface area contributed by atoms with E-state index in [1.54, 1.807) is 12.1 Å². The van der Waals surface area contributed by atoms with E-state index in [4.69, 9.17) is 9.26 Å². The lowest BCUT2D eigenvalue weighted by atomic mass is 10.1. The smallest absolute Gasteiger partial charge is 0.266 e. The highest BCUT2D eigenvalue weighted by Crippen LogP contribution is 2.18. The minimum atomic E-state index is -0.249. The summed E-state index contributed by atoms with van der Waals surface area (Å²) < 4.78 is 23.8. The first-order valence-corrected chi connectivity index (χ1v) is 7.07. The summed E-state index contributed by atoms with van der Waals surface area (Å²) in [6, 6.07) is 6.30. The van der Waals surface area contributed by atoms with Crippen molar-refractivity contribution in [2.75, 3.05) is 18.0 Å². The summed E-state index contributed by atoms with van der Waals surface area (Å²) in [5, 5.41) is 4.03. The van der Waals surface area contributed by atoms with Crippen molar-refractivity contribution in [2.45, 2.75) is 32.5 Å². The fourth-order valence-electron chi connectivity index (χ4n) is 2.56. The number of ether oxygens (including phenoxy) is 1. The Morgan fingerprint density at radius 2 is 1.86 bits per heavy atom. The van der Waals surface area contributed by atoms with Gasteiger partial charge in [-0.05, 0) is 36.7 Å². The monoisotopic (exact) mass is 291 g/mol. The summed E-state index contributed by atoms with van der Waals surface area (Å²) in [6.45, 7) is 5.56. The molecule has 0 bridgehead atoms. The van der Waals surface area contributed by atoms with Gasteiger partial charge in [-0.3, -0.25) is 0 Å². The zero-order valence-electron chi connectivity index (χ0n) is 12.1. The van der Waals surface area contributed by atoms with Crippen molar-refractivity contribution < 1.29 is 13.7 Å². The van der Waals surface area contributed by atoms with Gasteiger partial charge < -0.3 is 14.2 Å². The minimum absolute atomic E-state index is 0.146. The summed E-state index contributed by atoms with van der Waals surface area (Å²) in [5.74, 6) is 0.874. The van der Waals surface area contributed by atoms with Crippen LogP contribution in [0.2, 0.25) is 0 Å². The molecule has 1 aliphatic heterocycles. The maximum Gasteiger partial charge on any atom is 0.266 e. The molecule has 6 heteroatoms. The molecule has 2 aromatic rings. The molecule has 3 rings (SSSR count). The van der Waals surface area contributed by atoms with Crippen LogP contribution in [0.1, 0.15) is 25.3 Å². The molecule has 21 heavy (non-hydrogen) atoms. The first-order chi connectivity index (χ1) is 10.1. The van der Waals surface area contributed by atoms with Gasteiger partial charge in [0.25, 0.3) is 5.95 Å². The number of benzene rings is 1. The Morgan fingerprint density at radius 3 is 2.52 bits per heavy atom. The predicted octanol–water partition coefficient (Wildman–Crippen LogP) is 2.41. The SMILES string of the molecule is C[C@@H]1CN(c2noc(Cc3ccc(F)cc3)n2)C[C@H](C)O1. The molecule has 1 aromatic carbocycles. The van der Waals surface area contributed by atoms with Gasteiger partial charge in [0.2, 0.25) is 5.89 Å². The van der Waals surface area contributed by atoms with Gasteiger partial charge in [0.15, 0.2) is 0 Å². The highest BCUT2D eigenvalue weighted by molar-refractivity contribution is 5.30. The van der Waals surface area contributed by atoms with E-state index in [2.05, 4.69) is 15.0 Å². The molecule has 112 valence electrons. The van der Waals surface area contributed by atoms with E-state index < -0.39 is 0 Å².